The fourth-order valence-corrected chi connectivity index (χ4v) is 3.77. The quantitative estimate of drug-likeness (QED) is 0.505. The van der Waals surface area contributed by atoms with E-state index in [-0.39, 0.29) is 18.3 Å². The molecule has 0 aliphatic rings. The first-order valence-corrected chi connectivity index (χ1v) is 9.93. The van der Waals surface area contributed by atoms with Crippen molar-refractivity contribution in [1.29, 1.82) is 0 Å². The first kappa shape index (κ1) is 21.7. The van der Waals surface area contributed by atoms with E-state index in [2.05, 4.69) is 18.4 Å². The number of hydrogen-bond donors (Lipinski definition) is 3. The number of aromatic nitrogens is 1. The summed E-state index contributed by atoms with van der Waals surface area (Å²) in [6, 6.07) is 14.4. The van der Waals surface area contributed by atoms with Crippen LogP contribution in [-0.4, -0.2) is 38.1 Å². The summed E-state index contributed by atoms with van der Waals surface area (Å²) >= 11 is 0. The van der Waals surface area contributed by atoms with Crippen LogP contribution in [0, 0.1) is 5.82 Å². The number of para-hydroxylation sites is 1. The number of halogens is 1. The number of nitrogens with zero attached hydrogens (tertiary/aromatic N) is 1. The maximum atomic E-state index is 13.5. The number of aliphatic hydroxyl groups excluding tert-OH is 2. The Morgan fingerprint density at radius 1 is 1.10 bits per heavy atom. The Hall–Kier alpha value is -2.96. The smallest absolute Gasteiger partial charge is 0.305 e. The lowest BCUT2D eigenvalue weighted by atomic mass is 10.0. The van der Waals surface area contributed by atoms with Crippen LogP contribution < -0.4 is 0 Å². The molecule has 158 valence electrons. The van der Waals surface area contributed by atoms with Gasteiger partial charge in [-0.15, -0.1) is 0 Å². The molecule has 5 nitrogen and oxygen atoms in total. The van der Waals surface area contributed by atoms with Crippen LogP contribution in [0.4, 0.5) is 4.39 Å². The number of fused-ring (bicyclic) bond motifs is 1. The highest BCUT2D eigenvalue weighted by Crippen LogP contribution is 2.38. The molecule has 2 atom stereocenters. The van der Waals surface area contributed by atoms with E-state index in [1.807, 2.05) is 24.3 Å². The van der Waals surface area contributed by atoms with Crippen LogP contribution in [0.15, 0.2) is 54.6 Å². The van der Waals surface area contributed by atoms with Crippen molar-refractivity contribution in [3.63, 3.8) is 0 Å². The molecule has 1 unspecified atom stereocenters. The molecule has 3 N–H and O–H groups in total. The zero-order chi connectivity index (χ0) is 21.8. The summed E-state index contributed by atoms with van der Waals surface area (Å²) in [6.45, 7) is 4.12. The lowest BCUT2D eigenvalue weighted by molar-refractivity contribution is -0.139. The van der Waals surface area contributed by atoms with Crippen LogP contribution in [0.25, 0.3) is 28.1 Å². The summed E-state index contributed by atoms with van der Waals surface area (Å²) in [5, 5.41) is 29.9. The predicted octanol–water partition coefficient (Wildman–Crippen LogP) is 4.63. The van der Waals surface area contributed by atoms with Gasteiger partial charge in [0.2, 0.25) is 0 Å². The highest BCUT2D eigenvalue weighted by atomic mass is 19.1. The molecule has 0 saturated heterocycles. The molecule has 3 rings (SSSR count). The van der Waals surface area contributed by atoms with Gasteiger partial charge < -0.3 is 19.9 Å². The average molecular weight is 411 g/mol. The monoisotopic (exact) mass is 411 g/mol. The van der Waals surface area contributed by atoms with E-state index >= 15 is 0 Å². The Bertz CT molecular complexity index is 1050. The van der Waals surface area contributed by atoms with Gasteiger partial charge in [-0.05, 0) is 43.7 Å². The molecule has 0 amide bonds. The van der Waals surface area contributed by atoms with Gasteiger partial charge in [0.15, 0.2) is 0 Å². The molecule has 30 heavy (non-hydrogen) atoms. The van der Waals surface area contributed by atoms with Crippen molar-refractivity contribution >= 4 is 22.9 Å². The van der Waals surface area contributed by atoms with E-state index in [0.717, 1.165) is 27.7 Å². The van der Waals surface area contributed by atoms with E-state index in [9.17, 15) is 19.4 Å². The number of carboxylic acid groups (broad SMARTS) is 1. The molecule has 1 aromatic heterocycles. The third kappa shape index (κ3) is 4.78. The summed E-state index contributed by atoms with van der Waals surface area (Å²) in [6.07, 6.45) is 0.727. The van der Waals surface area contributed by atoms with Crippen molar-refractivity contribution in [2.45, 2.75) is 44.9 Å². The second-order valence-corrected chi connectivity index (χ2v) is 7.66. The normalized spacial score (nSPS) is 13.9. The number of benzene rings is 2. The first-order valence-electron chi connectivity index (χ1n) is 9.93. The van der Waals surface area contributed by atoms with Crippen LogP contribution in [0.5, 0.6) is 0 Å². The van der Waals surface area contributed by atoms with Gasteiger partial charge in [-0.1, -0.05) is 36.4 Å². The van der Waals surface area contributed by atoms with Crippen molar-refractivity contribution < 1.29 is 24.5 Å². The van der Waals surface area contributed by atoms with Gasteiger partial charge in [-0.2, -0.15) is 0 Å². The molecular weight excluding hydrogens is 385 g/mol. The third-order valence-corrected chi connectivity index (χ3v) is 5.00. The van der Waals surface area contributed by atoms with Gasteiger partial charge in [0.1, 0.15) is 5.82 Å². The number of carboxylic acids is 1. The zero-order valence-corrected chi connectivity index (χ0v) is 17.0. The number of hydrogen-bond acceptors (Lipinski definition) is 3. The van der Waals surface area contributed by atoms with E-state index in [0.29, 0.717) is 0 Å². The maximum absolute atomic E-state index is 13.5. The van der Waals surface area contributed by atoms with Crippen molar-refractivity contribution in [2.75, 3.05) is 0 Å². The summed E-state index contributed by atoms with van der Waals surface area (Å²) in [7, 11) is 0. The summed E-state index contributed by atoms with van der Waals surface area (Å²) in [4.78, 5) is 10.7. The Kier molecular flexibility index (Phi) is 6.70. The predicted molar refractivity (Wildman–Crippen MR) is 116 cm³/mol. The van der Waals surface area contributed by atoms with Gasteiger partial charge in [-0.3, -0.25) is 4.79 Å². The van der Waals surface area contributed by atoms with Gasteiger partial charge >= 0.3 is 5.97 Å². The second-order valence-electron chi connectivity index (χ2n) is 7.66. The molecular formula is C24H26FNO4. The van der Waals surface area contributed by atoms with Crippen LogP contribution in [0.1, 0.15) is 38.4 Å². The van der Waals surface area contributed by atoms with Gasteiger partial charge in [0, 0.05) is 34.6 Å². The third-order valence-electron chi connectivity index (χ3n) is 5.00. The van der Waals surface area contributed by atoms with E-state index in [1.54, 1.807) is 24.3 Å². The van der Waals surface area contributed by atoms with E-state index in [4.69, 9.17) is 5.11 Å². The van der Waals surface area contributed by atoms with Gasteiger partial charge in [0.25, 0.3) is 0 Å². The van der Waals surface area contributed by atoms with Crippen molar-refractivity contribution in [1.82, 2.24) is 4.57 Å². The largest absolute Gasteiger partial charge is 0.481 e. The van der Waals surface area contributed by atoms with E-state index in [1.165, 1.54) is 12.1 Å². The lowest BCUT2D eigenvalue weighted by Gasteiger charge is -2.15. The fourth-order valence-electron chi connectivity index (χ4n) is 3.77. The van der Waals surface area contributed by atoms with Crippen LogP contribution >= 0.6 is 0 Å². The number of aliphatic carboxylic acids is 1. The lowest BCUT2D eigenvalue weighted by Crippen LogP contribution is -2.19. The van der Waals surface area contributed by atoms with Crippen molar-refractivity contribution in [3.05, 3.63) is 66.1 Å². The summed E-state index contributed by atoms with van der Waals surface area (Å²) in [5.74, 6) is -1.43. The Balaban J connectivity index is 2.08. The van der Waals surface area contributed by atoms with Crippen molar-refractivity contribution in [3.8, 4) is 11.1 Å². The molecule has 0 radical (unpaired) electrons. The minimum Gasteiger partial charge on any atom is -0.481 e. The fraction of sp³-hybridized carbons (Fsp3) is 0.292. The van der Waals surface area contributed by atoms with Crippen molar-refractivity contribution in [2.24, 2.45) is 0 Å². The van der Waals surface area contributed by atoms with Crippen LogP contribution in [-0.2, 0) is 4.79 Å². The summed E-state index contributed by atoms with van der Waals surface area (Å²) in [5.41, 5.74) is 3.65. The molecule has 1 heterocycles. The standard InChI is InChI=1S/C24H26FNO4/c1-15(2)26-21-6-4-3-5-20(21)24(16-7-9-17(25)10-8-16)22(26)12-11-18(27)13-19(28)14-23(29)30/h3-12,15,18-19,27-28H,13-14H2,1-2H3,(H,29,30)/b12-11+/t18-,19?/m0/s1. The van der Waals surface area contributed by atoms with Gasteiger partial charge in [-0.25, -0.2) is 4.39 Å². The SMILES string of the molecule is CC(C)n1c(/C=C/[C@H](O)CC(O)CC(=O)O)c(-c2ccc(F)cc2)c2ccccc21. The molecule has 3 aromatic rings. The molecule has 0 fully saturated rings. The first-order chi connectivity index (χ1) is 14.3. The Morgan fingerprint density at radius 2 is 1.77 bits per heavy atom. The highest BCUT2D eigenvalue weighted by Gasteiger charge is 2.19. The molecule has 6 heteroatoms. The summed E-state index contributed by atoms with van der Waals surface area (Å²) < 4.78 is 15.6. The number of aliphatic hydroxyl groups is 2. The molecule has 0 spiro atoms. The minimum atomic E-state index is -1.13. The van der Waals surface area contributed by atoms with Crippen LogP contribution in [0.3, 0.4) is 0 Å². The minimum absolute atomic E-state index is 0.0728. The number of rotatable bonds is 8. The van der Waals surface area contributed by atoms with Gasteiger partial charge in [0.05, 0.1) is 18.6 Å². The van der Waals surface area contributed by atoms with Crippen LogP contribution in [0.2, 0.25) is 0 Å². The molecule has 2 aromatic carbocycles. The Morgan fingerprint density at radius 3 is 2.40 bits per heavy atom. The molecule has 0 aliphatic carbocycles. The molecule has 0 saturated carbocycles. The van der Waals surface area contributed by atoms with E-state index < -0.39 is 24.6 Å². The number of carbonyl (C=O) groups is 1. The second kappa shape index (κ2) is 9.24. The zero-order valence-electron chi connectivity index (χ0n) is 17.0. The topological polar surface area (TPSA) is 82.7 Å². The molecule has 0 bridgehead atoms. The highest BCUT2D eigenvalue weighted by molar-refractivity contribution is 6.01. The Labute approximate surface area is 174 Å². The molecule has 0 aliphatic heterocycles. The average Bonchev–Trinajstić information content (AvgIpc) is 3.00. The maximum Gasteiger partial charge on any atom is 0.305 e.